The minimum Gasteiger partial charge on any atom is -0.495 e. The van der Waals surface area contributed by atoms with Gasteiger partial charge in [-0.05, 0) is 43.2 Å². The van der Waals surface area contributed by atoms with E-state index in [0.717, 1.165) is 6.42 Å². The van der Waals surface area contributed by atoms with Gasteiger partial charge >= 0.3 is 0 Å². The lowest BCUT2D eigenvalue weighted by Gasteiger charge is -2.11. The molecule has 22 heavy (non-hydrogen) atoms. The Balaban J connectivity index is 1.70. The molecule has 2 aromatic carbocycles. The topological polar surface area (TPSA) is 38.3 Å². The summed E-state index contributed by atoms with van der Waals surface area (Å²) >= 11 is 7.70. The van der Waals surface area contributed by atoms with Gasteiger partial charge < -0.3 is 10.1 Å². The van der Waals surface area contributed by atoms with E-state index in [2.05, 4.69) is 30.4 Å². The summed E-state index contributed by atoms with van der Waals surface area (Å²) in [5, 5.41) is 3.31. The standard InChI is InChI=1S/C17H16ClNO2S/c1-10-3-4-11-8-16(22-15(11)7-10)17(20)19-12-5-6-14(21-2)13(18)9-12/h3-7,9,16H,8H2,1-2H3,(H,19,20). The third-order valence-electron chi connectivity index (χ3n) is 3.61. The first-order valence-corrected chi connectivity index (χ1v) is 8.23. The molecule has 1 heterocycles. The number of amides is 1. The van der Waals surface area contributed by atoms with Gasteiger partial charge in [-0.1, -0.05) is 29.3 Å². The number of benzene rings is 2. The number of fused-ring (bicyclic) bond motifs is 1. The number of methoxy groups -OCH3 is 1. The number of ether oxygens (including phenoxy) is 1. The Hall–Kier alpha value is -1.65. The highest BCUT2D eigenvalue weighted by Gasteiger charge is 2.28. The number of nitrogens with one attached hydrogen (secondary N) is 1. The highest BCUT2D eigenvalue weighted by Crippen LogP contribution is 2.38. The van der Waals surface area contributed by atoms with Gasteiger partial charge in [0, 0.05) is 10.6 Å². The Morgan fingerprint density at radius 2 is 2.14 bits per heavy atom. The SMILES string of the molecule is COc1ccc(NC(=O)C2Cc3ccc(C)cc3S2)cc1Cl. The average molecular weight is 334 g/mol. The van der Waals surface area contributed by atoms with Crippen LogP contribution in [0.1, 0.15) is 11.1 Å². The van der Waals surface area contributed by atoms with Crippen molar-refractivity contribution in [3.63, 3.8) is 0 Å². The molecule has 0 aromatic heterocycles. The largest absolute Gasteiger partial charge is 0.495 e. The van der Waals surface area contributed by atoms with Crippen molar-refractivity contribution in [3.8, 4) is 5.75 Å². The van der Waals surface area contributed by atoms with Crippen LogP contribution in [-0.4, -0.2) is 18.3 Å². The van der Waals surface area contributed by atoms with Gasteiger partial charge in [-0.3, -0.25) is 4.79 Å². The predicted molar refractivity (Wildman–Crippen MR) is 91.2 cm³/mol. The van der Waals surface area contributed by atoms with Crippen LogP contribution in [0.15, 0.2) is 41.3 Å². The van der Waals surface area contributed by atoms with Crippen LogP contribution in [0.5, 0.6) is 5.75 Å². The molecule has 0 fully saturated rings. The first kappa shape index (κ1) is 15.3. The van der Waals surface area contributed by atoms with E-state index in [0.29, 0.717) is 16.5 Å². The third-order valence-corrected chi connectivity index (χ3v) is 5.20. The van der Waals surface area contributed by atoms with Crippen LogP contribution in [0.25, 0.3) is 0 Å². The lowest BCUT2D eigenvalue weighted by atomic mass is 10.1. The molecule has 114 valence electrons. The summed E-state index contributed by atoms with van der Waals surface area (Å²) in [5.74, 6) is 0.595. The maximum atomic E-state index is 12.4. The fourth-order valence-corrected chi connectivity index (χ4v) is 4.00. The molecule has 0 spiro atoms. The summed E-state index contributed by atoms with van der Waals surface area (Å²) in [4.78, 5) is 13.6. The molecule has 1 N–H and O–H groups in total. The van der Waals surface area contributed by atoms with Crippen LogP contribution < -0.4 is 10.1 Å². The zero-order chi connectivity index (χ0) is 15.7. The molecule has 1 atom stereocenters. The predicted octanol–water partition coefficient (Wildman–Crippen LogP) is 4.31. The number of halogens is 1. The zero-order valence-electron chi connectivity index (χ0n) is 12.4. The normalized spacial score (nSPS) is 16.2. The first-order valence-electron chi connectivity index (χ1n) is 6.97. The van der Waals surface area contributed by atoms with Gasteiger partial charge in [0.15, 0.2) is 0 Å². The quantitative estimate of drug-likeness (QED) is 0.909. The minimum atomic E-state index is -0.0994. The fourth-order valence-electron chi connectivity index (χ4n) is 2.45. The highest BCUT2D eigenvalue weighted by molar-refractivity contribution is 8.01. The van der Waals surface area contributed by atoms with E-state index in [4.69, 9.17) is 16.3 Å². The van der Waals surface area contributed by atoms with Gasteiger partial charge in [0.2, 0.25) is 5.91 Å². The molecule has 0 saturated carbocycles. The Morgan fingerprint density at radius 3 is 2.86 bits per heavy atom. The molecular formula is C17H16ClNO2S. The van der Waals surface area contributed by atoms with Gasteiger partial charge in [0.25, 0.3) is 0 Å². The van der Waals surface area contributed by atoms with Crippen LogP contribution in [0.4, 0.5) is 5.69 Å². The van der Waals surface area contributed by atoms with E-state index in [9.17, 15) is 4.79 Å². The van der Waals surface area contributed by atoms with Crippen LogP contribution in [0.3, 0.4) is 0 Å². The summed E-state index contributed by atoms with van der Waals surface area (Å²) in [5.41, 5.74) is 3.14. The summed E-state index contributed by atoms with van der Waals surface area (Å²) < 4.78 is 5.11. The van der Waals surface area contributed by atoms with Gasteiger partial charge in [-0.15, -0.1) is 11.8 Å². The second kappa shape index (κ2) is 6.23. The molecule has 0 saturated heterocycles. The number of carbonyl (C=O) groups is 1. The minimum absolute atomic E-state index is 0.0000802. The Morgan fingerprint density at radius 1 is 1.32 bits per heavy atom. The van der Waals surface area contributed by atoms with E-state index in [-0.39, 0.29) is 11.2 Å². The average Bonchev–Trinajstić information content (AvgIpc) is 2.90. The zero-order valence-corrected chi connectivity index (χ0v) is 13.9. The van der Waals surface area contributed by atoms with Gasteiger partial charge in [0.05, 0.1) is 17.4 Å². The molecule has 5 heteroatoms. The smallest absolute Gasteiger partial charge is 0.238 e. The number of thioether (sulfide) groups is 1. The molecule has 0 bridgehead atoms. The van der Waals surface area contributed by atoms with Crippen molar-refractivity contribution < 1.29 is 9.53 Å². The second-order valence-corrected chi connectivity index (χ2v) is 6.91. The van der Waals surface area contributed by atoms with Crippen molar-refractivity contribution >= 4 is 35.0 Å². The third kappa shape index (κ3) is 3.08. The van der Waals surface area contributed by atoms with E-state index < -0.39 is 0 Å². The molecular weight excluding hydrogens is 318 g/mol. The van der Waals surface area contributed by atoms with Crippen molar-refractivity contribution in [1.82, 2.24) is 0 Å². The second-order valence-electron chi connectivity index (χ2n) is 5.26. The van der Waals surface area contributed by atoms with Crippen molar-refractivity contribution in [2.24, 2.45) is 0 Å². The van der Waals surface area contributed by atoms with Crippen molar-refractivity contribution in [2.75, 3.05) is 12.4 Å². The summed E-state index contributed by atoms with van der Waals surface area (Å²) in [6.45, 7) is 2.06. The Labute approximate surface area is 139 Å². The molecule has 1 aliphatic rings. The number of rotatable bonds is 3. The fraction of sp³-hybridized carbons (Fsp3) is 0.235. The Kier molecular flexibility index (Phi) is 4.32. The molecule has 3 nitrogen and oxygen atoms in total. The molecule has 1 amide bonds. The molecule has 3 rings (SSSR count). The van der Waals surface area contributed by atoms with Gasteiger partial charge in [-0.2, -0.15) is 0 Å². The van der Waals surface area contributed by atoms with Crippen LogP contribution >= 0.6 is 23.4 Å². The lowest BCUT2D eigenvalue weighted by molar-refractivity contribution is -0.115. The van der Waals surface area contributed by atoms with Gasteiger partial charge in [0.1, 0.15) is 5.75 Å². The number of aryl methyl sites for hydroxylation is 1. The van der Waals surface area contributed by atoms with Crippen LogP contribution in [0.2, 0.25) is 5.02 Å². The summed E-state index contributed by atoms with van der Waals surface area (Å²) in [6, 6.07) is 11.6. The molecule has 1 unspecified atom stereocenters. The maximum Gasteiger partial charge on any atom is 0.238 e. The maximum absolute atomic E-state index is 12.4. The summed E-state index contributed by atoms with van der Waals surface area (Å²) in [6.07, 6.45) is 0.760. The Bertz CT molecular complexity index is 733. The van der Waals surface area contributed by atoms with Gasteiger partial charge in [-0.25, -0.2) is 0 Å². The molecule has 0 aliphatic carbocycles. The van der Waals surface area contributed by atoms with E-state index >= 15 is 0 Å². The molecule has 1 aliphatic heterocycles. The lowest BCUT2D eigenvalue weighted by Crippen LogP contribution is -2.24. The number of carbonyl (C=O) groups excluding carboxylic acids is 1. The highest BCUT2D eigenvalue weighted by atomic mass is 35.5. The molecule has 0 radical (unpaired) electrons. The summed E-state index contributed by atoms with van der Waals surface area (Å²) in [7, 11) is 1.56. The number of hydrogen-bond donors (Lipinski definition) is 1. The molecule has 2 aromatic rings. The number of hydrogen-bond acceptors (Lipinski definition) is 3. The van der Waals surface area contributed by atoms with E-state index in [1.807, 2.05) is 0 Å². The first-order chi connectivity index (χ1) is 10.6. The number of anilines is 1. The van der Waals surface area contributed by atoms with Crippen molar-refractivity contribution in [1.29, 1.82) is 0 Å². The van der Waals surface area contributed by atoms with E-state index in [1.165, 1.54) is 16.0 Å². The monoisotopic (exact) mass is 333 g/mol. The van der Waals surface area contributed by atoms with Crippen molar-refractivity contribution in [3.05, 3.63) is 52.5 Å². The van der Waals surface area contributed by atoms with Crippen LogP contribution in [-0.2, 0) is 11.2 Å². The van der Waals surface area contributed by atoms with Crippen LogP contribution in [0, 0.1) is 6.92 Å². The van der Waals surface area contributed by atoms with Crippen molar-refractivity contribution in [2.45, 2.75) is 23.5 Å². The van der Waals surface area contributed by atoms with E-state index in [1.54, 1.807) is 37.1 Å².